The van der Waals surface area contributed by atoms with Crippen LogP contribution >= 0.6 is 0 Å². The average molecular weight is 214 g/mol. The monoisotopic (exact) mass is 214 g/mol. The third-order valence-corrected chi connectivity index (χ3v) is 2.45. The summed E-state index contributed by atoms with van der Waals surface area (Å²) in [5.74, 6) is -3.58. The zero-order valence-electron chi connectivity index (χ0n) is 6.96. The molecule has 0 aliphatic rings. The van der Waals surface area contributed by atoms with E-state index in [1.54, 1.807) is 4.72 Å². The van der Waals surface area contributed by atoms with E-state index in [-0.39, 0.29) is 5.75 Å². The quantitative estimate of drug-likeness (QED) is 0.595. The molecular weight excluding hydrogens is 202 g/mol. The molecule has 7 heteroatoms. The minimum atomic E-state index is -3.68. The molecule has 78 valence electrons. The summed E-state index contributed by atoms with van der Waals surface area (Å²) >= 11 is 0. The highest BCUT2D eigenvalue weighted by Gasteiger charge is 2.28. The van der Waals surface area contributed by atoms with Crippen molar-refractivity contribution in [1.29, 1.82) is 0 Å². The third kappa shape index (κ3) is 5.67. The maximum absolute atomic E-state index is 12.4. The van der Waals surface area contributed by atoms with Gasteiger partial charge in [0.15, 0.2) is 0 Å². The Labute approximate surface area is 75.9 Å². The van der Waals surface area contributed by atoms with E-state index in [0.717, 1.165) is 6.08 Å². The van der Waals surface area contributed by atoms with Gasteiger partial charge in [-0.3, -0.25) is 0 Å². The highest BCUT2D eigenvalue weighted by atomic mass is 32.2. The van der Waals surface area contributed by atoms with Gasteiger partial charge in [0, 0.05) is 0 Å². The van der Waals surface area contributed by atoms with Crippen molar-refractivity contribution < 1.29 is 17.2 Å². The Kier molecular flexibility index (Phi) is 4.45. The Morgan fingerprint density at radius 1 is 1.54 bits per heavy atom. The van der Waals surface area contributed by atoms with Crippen molar-refractivity contribution in [3.8, 4) is 0 Å². The van der Waals surface area contributed by atoms with Crippen LogP contribution in [0, 0.1) is 0 Å². The first-order valence-electron chi connectivity index (χ1n) is 3.49. The number of nitrogens with two attached hydrogens (primary N) is 1. The van der Waals surface area contributed by atoms with Gasteiger partial charge in [0.2, 0.25) is 10.0 Å². The summed E-state index contributed by atoms with van der Waals surface area (Å²) in [5, 5.41) is 0. The van der Waals surface area contributed by atoms with Crippen molar-refractivity contribution in [1.82, 2.24) is 4.72 Å². The van der Waals surface area contributed by atoms with Gasteiger partial charge in [-0.25, -0.2) is 21.9 Å². The first kappa shape index (κ1) is 12.5. The SMILES string of the molecule is C=CCS(=O)(=O)NCC(F)(F)CN. The lowest BCUT2D eigenvalue weighted by Gasteiger charge is -2.13. The molecule has 0 aromatic rings. The minimum Gasteiger partial charge on any atom is -0.325 e. The molecule has 0 aromatic heterocycles. The summed E-state index contributed by atoms with van der Waals surface area (Å²) in [7, 11) is -3.68. The van der Waals surface area contributed by atoms with Gasteiger partial charge in [-0.05, 0) is 0 Å². The fourth-order valence-electron chi connectivity index (χ4n) is 0.502. The summed E-state index contributed by atoms with van der Waals surface area (Å²) in [5.41, 5.74) is 4.70. The predicted molar refractivity (Wildman–Crippen MR) is 46.0 cm³/mol. The molecule has 0 fully saturated rings. The second kappa shape index (κ2) is 4.64. The average Bonchev–Trinajstić information content (AvgIpc) is 2.02. The summed E-state index contributed by atoms with van der Waals surface area (Å²) in [6.45, 7) is 1.32. The Morgan fingerprint density at radius 2 is 2.08 bits per heavy atom. The Balaban J connectivity index is 4.09. The standard InChI is InChI=1S/C6H12F2N2O2S/c1-2-3-13(11,12)10-5-6(7,8)4-9/h2,10H,1,3-5,9H2. The highest BCUT2D eigenvalue weighted by molar-refractivity contribution is 7.89. The first-order chi connectivity index (χ1) is 5.83. The lowest BCUT2D eigenvalue weighted by atomic mass is 10.3. The van der Waals surface area contributed by atoms with E-state index in [4.69, 9.17) is 5.73 Å². The second-order valence-electron chi connectivity index (χ2n) is 2.45. The molecule has 4 nitrogen and oxygen atoms in total. The number of halogens is 2. The van der Waals surface area contributed by atoms with E-state index in [9.17, 15) is 17.2 Å². The minimum absolute atomic E-state index is 0.381. The zero-order chi connectivity index (χ0) is 10.5. The van der Waals surface area contributed by atoms with Gasteiger partial charge in [0.25, 0.3) is 5.92 Å². The molecule has 3 N–H and O–H groups in total. The molecule has 13 heavy (non-hydrogen) atoms. The zero-order valence-corrected chi connectivity index (χ0v) is 7.78. The number of hydrogen-bond acceptors (Lipinski definition) is 3. The first-order valence-corrected chi connectivity index (χ1v) is 5.14. The maximum atomic E-state index is 12.4. The van der Waals surface area contributed by atoms with Gasteiger partial charge in [0.05, 0.1) is 18.8 Å². The predicted octanol–water partition coefficient (Wildman–Crippen LogP) is -0.314. The van der Waals surface area contributed by atoms with Gasteiger partial charge >= 0.3 is 0 Å². The van der Waals surface area contributed by atoms with Crippen molar-refractivity contribution in [2.45, 2.75) is 5.92 Å². The molecule has 0 radical (unpaired) electrons. The number of rotatable bonds is 6. The van der Waals surface area contributed by atoms with Crippen molar-refractivity contribution in [2.24, 2.45) is 5.73 Å². The topological polar surface area (TPSA) is 72.2 Å². The van der Waals surface area contributed by atoms with E-state index >= 15 is 0 Å². The highest BCUT2D eigenvalue weighted by Crippen LogP contribution is 2.09. The lowest BCUT2D eigenvalue weighted by molar-refractivity contribution is 0.0170. The van der Waals surface area contributed by atoms with Crippen LogP contribution in [0.25, 0.3) is 0 Å². The summed E-state index contributed by atoms with van der Waals surface area (Å²) in [4.78, 5) is 0. The fraction of sp³-hybridized carbons (Fsp3) is 0.667. The smallest absolute Gasteiger partial charge is 0.273 e. The molecule has 0 unspecified atom stereocenters. The molecule has 0 saturated heterocycles. The van der Waals surface area contributed by atoms with Crippen LogP contribution in [0.1, 0.15) is 0 Å². The molecule has 0 saturated carbocycles. The Hall–Kier alpha value is -0.530. The van der Waals surface area contributed by atoms with Crippen LogP contribution < -0.4 is 10.5 Å². The fourth-order valence-corrected chi connectivity index (χ4v) is 1.36. The summed E-state index contributed by atoms with van der Waals surface area (Å²) in [6, 6.07) is 0. The van der Waals surface area contributed by atoms with E-state index in [2.05, 4.69) is 6.58 Å². The van der Waals surface area contributed by atoms with Gasteiger partial charge in [-0.2, -0.15) is 0 Å². The van der Waals surface area contributed by atoms with Gasteiger partial charge < -0.3 is 5.73 Å². The van der Waals surface area contributed by atoms with Gasteiger partial charge in [0.1, 0.15) is 0 Å². The van der Waals surface area contributed by atoms with E-state index < -0.39 is 29.0 Å². The van der Waals surface area contributed by atoms with Crippen molar-refractivity contribution in [2.75, 3.05) is 18.8 Å². The van der Waals surface area contributed by atoms with Crippen molar-refractivity contribution >= 4 is 10.0 Å². The van der Waals surface area contributed by atoms with Crippen LogP contribution in [-0.2, 0) is 10.0 Å². The molecular formula is C6H12F2N2O2S. The third-order valence-electron chi connectivity index (χ3n) is 1.19. The summed E-state index contributed by atoms with van der Waals surface area (Å²) < 4.78 is 48.3. The van der Waals surface area contributed by atoms with Gasteiger partial charge in [-0.1, -0.05) is 6.08 Å². The molecule has 0 spiro atoms. The molecule has 0 amide bonds. The molecule has 0 bridgehead atoms. The largest absolute Gasteiger partial charge is 0.325 e. The van der Waals surface area contributed by atoms with Crippen molar-refractivity contribution in [3.63, 3.8) is 0 Å². The van der Waals surface area contributed by atoms with Crippen molar-refractivity contribution in [3.05, 3.63) is 12.7 Å². The van der Waals surface area contributed by atoms with Crippen LogP contribution in [0.3, 0.4) is 0 Å². The van der Waals surface area contributed by atoms with E-state index in [1.165, 1.54) is 0 Å². The Bertz CT molecular complexity index is 264. The van der Waals surface area contributed by atoms with Crippen LogP contribution in [0.4, 0.5) is 8.78 Å². The molecule has 0 aliphatic carbocycles. The number of hydrogen-bond donors (Lipinski definition) is 2. The normalized spacial score (nSPS) is 12.8. The van der Waals surface area contributed by atoms with Crippen LogP contribution in [0.15, 0.2) is 12.7 Å². The van der Waals surface area contributed by atoms with Crippen LogP contribution in [0.5, 0.6) is 0 Å². The van der Waals surface area contributed by atoms with E-state index in [1.807, 2.05) is 0 Å². The second-order valence-corrected chi connectivity index (χ2v) is 4.30. The Morgan fingerprint density at radius 3 is 2.46 bits per heavy atom. The number of sulfonamides is 1. The van der Waals surface area contributed by atoms with E-state index in [0.29, 0.717) is 0 Å². The number of nitrogens with one attached hydrogen (secondary N) is 1. The summed E-state index contributed by atoms with van der Waals surface area (Å²) in [6.07, 6.45) is 1.11. The molecule has 0 aliphatic heterocycles. The molecule has 0 atom stereocenters. The molecule has 0 heterocycles. The van der Waals surface area contributed by atoms with Crippen LogP contribution in [-0.4, -0.2) is 33.2 Å². The maximum Gasteiger partial charge on any atom is 0.273 e. The molecule has 0 aromatic carbocycles. The van der Waals surface area contributed by atoms with Gasteiger partial charge in [-0.15, -0.1) is 6.58 Å². The lowest BCUT2D eigenvalue weighted by Crippen LogP contribution is -2.42. The molecule has 0 rings (SSSR count). The van der Waals surface area contributed by atoms with Crippen LogP contribution in [0.2, 0.25) is 0 Å². The number of alkyl halides is 2.